The van der Waals surface area contributed by atoms with Crippen LogP contribution in [-0.2, 0) is 0 Å². The van der Waals surface area contributed by atoms with Crippen molar-refractivity contribution in [2.24, 2.45) is 0 Å². The van der Waals surface area contributed by atoms with Crippen LogP contribution in [0.1, 0.15) is 10.4 Å². The molecular formula is C21H21N3O3. The first-order valence-corrected chi connectivity index (χ1v) is 8.41. The molecule has 0 bridgehead atoms. The lowest BCUT2D eigenvalue weighted by molar-refractivity contribution is 0.102. The molecule has 1 amide bonds. The molecule has 0 radical (unpaired) electrons. The van der Waals surface area contributed by atoms with E-state index < -0.39 is 0 Å². The molecule has 6 nitrogen and oxygen atoms in total. The van der Waals surface area contributed by atoms with E-state index in [1.807, 2.05) is 48.3 Å². The Kier molecular flexibility index (Phi) is 5.56. The summed E-state index contributed by atoms with van der Waals surface area (Å²) in [7, 11) is 4.99. The Morgan fingerprint density at radius 3 is 2.11 bits per heavy atom. The zero-order valence-electron chi connectivity index (χ0n) is 15.5. The Bertz CT molecular complexity index is 889. The van der Waals surface area contributed by atoms with E-state index in [0.29, 0.717) is 22.9 Å². The quantitative estimate of drug-likeness (QED) is 0.714. The van der Waals surface area contributed by atoms with E-state index in [1.54, 1.807) is 30.5 Å². The Labute approximate surface area is 158 Å². The lowest BCUT2D eigenvalue weighted by Gasteiger charge is -2.19. The zero-order chi connectivity index (χ0) is 19.2. The van der Waals surface area contributed by atoms with E-state index >= 15 is 0 Å². The molecule has 0 spiro atoms. The average molecular weight is 363 g/mol. The first-order chi connectivity index (χ1) is 13.1. The topological polar surface area (TPSA) is 63.7 Å². The molecule has 1 heterocycles. The fourth-order valence-electron chi connectivity index (χ4n) is 2.71. The number of nitrogens with zero attached hydrogens (tertiary/aromatic N) is 2. The van der Waals surface area contributed by atoms with Gasteiger partial charge in [-0.25, -0.2) is 4.98 Å². The summed E-state index contributed by atoms with van der Waals surface area (Å²) in [6.45, 7) is 0. The second-order valence-corrected chi connectivity index (χ2v) is 5.79. The molecule has 3 rings (SSSR count). The Morgan fingerprint density at radius 1 is 0.889 bits per heavy atom. The van der Waals surface area contributed by atoms with E-state index in [4.69, 9.17) is 9.47 Å². The van der Waals surface area contributed by atoms with E-state index in [0.717, 1.165) is 11.4 Å². The van der Waals surface area contributed by atoms with Crippen molar-refractivity contribution in [2.75, 3.05) is 31.5 Å². The van der Waals surface area contributed by atoms with Crippen LogP contribution in [0.15, 0.2) is 66.9 Å². The molecule has 0 unspecified atom stereocenters. The number of methoxy groups -OCH3 is 2. The minimum Gasteiger partial charge on any atom is -0.496 e. The van der Waals surface area contributed by atoms with Gasteiger partial charge in [-0.15, -0.1) is 0 Å². The molecule has 6 heteroatoms. The summed E-state index contributed by atoms with van der Waals surface area (Å²) in [4.78, 5) is 19.1. The first kappa shape index (κ1) is 18.3. The third-order valence-electron chi connectivity index (χ3n) is 4.18. The maximum atomic E-state index is 12.7. The molecule has 3 aromatic rings. The average Bonchev–Trinajstić information content (AvgIpc) is 2.73. The van der Waals surface area contributed by atoms with Crippen LogP contribution in [-0.4, -0.2) is 32.2 Å². The lowest BCUT2D eigenvalue weighted by atomic mass is 10.1. The summed E-state index contributed by atoms with van der Waals surface area (Å²) < 4.78 is 10.6. The van der Waals surface area contributed by atoms with Crippen LogP contribution in [0.2, 0.25) is 0 Å². The van der Waals surface area contributed by atoms with Crippen molar-refractivity contribution in [3.05, 3.63) is 72.4 Å². The number of benzene rings is 2. The molecule has 138 valence electrons. The SMILES string of the molecule is COc1cccc(OC)c1C(=O)Nc1ccc(N(C)c2ccccc2)cn1. The van der Waals surface area contributed by atoms with Crippen LogP contribution in [0.4, 0.5) is 17.2 Å². The Balaban J connectivity index is 1.78. The molecule has 1 aromatic heterocycles. The van der Waals surface area contributed by atoms with Crippen molar-refractivity contribution in [1.82, 2.24) is 4.98 Å². The number of pyridine rings is 1. The van der Waals surface area contributed by atoms with Crippen LogP contribution in [0, 0.1) is 0 Å². The van der Waals surface area contributed by atoms with Gasteiger partial charge in [0, 0.05) is 12.7 Å². The van der Waals surface area contributed by atoms with Gasteiger partial charge in [-0.3, -0.25) is 4.79 Å². The normalized spacial score (nSPS) is 10.2. The number of aromatic nitrogens is 1. The van der Waals surface area contributed by atoms with Gasteiger partial charge in [0.2, 0.25) is 0 Å². The monoisotopic (exact) mass is 363 g/mol. The van der Waals surface area contributed by atoms with Gasteiger partial charge >= 0.3 is 0 Å². The maximum absolute atomic E-state index is 12.7. The van der Waals surface area contributed by atoms with Gasteiger partial charge in [0.25, 0.3) is 5.91 Å². The molecule has 27 heavy (non-hydrogen) atoms. The lowest BCUT2D eigenvalue weighted by Crippen LogP contribution is -2.16. The number of ether oxygens (including phenoxy) is 2. The number of carbonyl (C=O) groups excluding carboxylic acids is 1. The van der Waals surface area contributed by atoms with Crippen LogP contribution in [0.25, 0.3) is 0 Å². The molecule has 0 aliphatic carbocycles. The number of nitrogens with one attached hydrogen (secondary N) is 1. The summed E-state index contributed by atoms with van der Waals surface area (Å²) in [6, 6.07) is 18.8. The van der Waals surface area contributed by atoms with E-state index in [9.17, 15) is 4.79 Å². The minimum absolute atomic E-state index is 0.329. The number of rotatable bonds is 6. The maximum Gasteiger partial charge on any atom is 0.264 e. The van der Waals surface area contributed by atoms with Crippen molar-refractivity contribution in [3.8, 4) is 11.5 Å². The molecule has 2 aromatic carbocycles. The number of anilines is 3. The second kappa shape index (κ2) is 8.23. The van der Waals surface area contributed by atoms with E-state index in [-0.39, 0.29) is 5.91 Å². The van der Waals surface area contributed by atoms with Crippen LogP contribution < -0.4 is 19.7 Å². The standard InChI is InChI=1S/C21H21N3O3/c1-24(15-8-5-4-6-9-15)16-12-13-19(22-14-16)23-21(25)20-17(26-2)10-7-11-18(20)27-3/h4-14H,1-3H3,(H,22,23,25). The molecule has 0 aliphatic rings. The third-order valence-corrected chi connectivity index (χ3v) is 4.18. The molecule has 0 fully saturated rings. The molecule has 1 N–H and O–H groups in total. The largest absolute Gasteiger partial charge is 0.496 e. The van der Waals surface area contributed by atoms with Crippen LogP contribution >= 0.6 is 0 Å². The van der Waals surface area contributed by atoms with Gasteiger partial charge < -0.3 is 19.7 Å². The van der Waals surface area contributed by atoms with Crippen LogP contribution in [0.5, 0.6) is 11.5 Å². The number of carbonyl (C=O) groups is 1. The molecule has 0 saturated carbocycles. The molecule has 0 aliphatic heterocycles. The van der Waals surface area contributed by atoms with Gasteiger partial charge in [-0.1, -0.05) is 24.3 Å². The van der Waals surface area contributed by atoms with Gasteiger partial charge in [-0.2, -0.15) is 0 Å². The zero-order valence-corrected chi connectivity index (χ0v) is 15.5. The van der Waals surface area contributed by atoms with Crippen molar-refractivity contribution in [3.63, 3.8) is 0 Å². The summed E-state index contributed by atoms with van der Waals surface area (Å²) in [5.74, 6) is 0.971. The predicted octanol–water partition coefficient (Wildman–Crippen LogP) is 4.12. The van der Waals surface area contributed by atoms with Gasteiger partial charge in [0.1, 0.15) is 22.9 Å². The molecule has 0 atom stereocenters. The Morgan fingerprint density at radius 2 is 1.56 bits per heavy atom. The van der Waals surface area contributed by atoms with Crippen LogP contribution in [0.3, 0.4) is 0 Å². The number of hydrogen-bond acceptors (Lipinski definition) is 5. The highest BCUT2D eigenvalue weighted by Crippen LogP contribution is 2.29. The van der Waals surface area contributed by atoms with Gasteiger partial charge in [0.15, 0.2) is 0 Å². The summed E-state index contributed by atoms with van der Waals surface area (Å²) >= 11 is 0. The first-order valence-electron chi connectivity index (χ1n) is 8.41. The summed E-state index contributed by atoms with van der Waals surface area (Å²) in [5.41, 5.74) is 2.29. The summed E-state index contributed by atoms with van der Waals surface area (Å²) in [5, 5.41) is 2.78. The number of para-hydroxylation sites is 1. The fourth-order valence-corrected chi connectivity index (χ4v) is 2.71. The van der Waals surface area contributed by atoms with Crippen molar-refractivity contribution >= 4 is 23.1 Å². The van der Waals surface area contributed by atoms with Gasteiger partial charge in [-0.05, 0) is 36.4 Å². The predicted molar refractivity (Wildman–Crippen MR) is 106 cm³/mol. The smallest absolute Gasteiger partial charge is 0.264 e. The summed E-state index contributed by atoms with van der Waals surface area (Å²) in [6.07, 6.45) is 1.71. The van der Waals surface area contributed by atoms with Crippen molar-refractivity contribution < 1.29 is 14.3 Å². The van der Waals surface area contributed by atoms with Crippen molar-refractivity contribution in [1.29, 1.82) is 0 Å². The highest BCUT2D eigenvalue weighted by atomic mass is 16.5. The number of amides is 1. The molecular weight excluding hydrogens is 342 g/mol. The Hall–Kier alpha value is -3.54. The van der Waals surface area contributed by atoms with Gasteiger partial charge in [0.05, 0.1) is 26.1 Å². The minimum atomic E-state index is -0.346. The van der Waals surface area contributed by atoms with Crippen molar-refractivity contribution in [2.45, 2.75) is 0 Å². The molecule has 0 saturated heterocycles. The van der Waals surface area contributed by atoms with E-state index in [1.165, 1.54) is 14.2 Å². The third kappa shape index (κ3) is 4.00. The highest BCUT2D eigenvalue weighted by molar-refractivity contribution is 6.07. The highest BCUT2D eigenvalue weighted by Gasteiger charge is 2.18. The second-order valence-electron chi connectivity index (χ2n) is 5.79. The number of hydrogen-bond donors (Lipinski definition) is 1. The fraction of sp³-hybridized carbons (Fsp3) is 0.143. The van der Waals surface area contributed by atoms with E-state index in [2.05, 4.69) is 10.3 Å².